The summed E-state index contributed by atoms with van der Waals surface area (Å²) < 4.78 is 23.3. The third kappa shape index (κ3) is 4.56. The molecule has 30 heavy (non-hydrogen) atoms. The maximum atomic E-state index is 12.4. The molecule has 2 heterocycles. The fraction of sp³-hybridized carbons (Fsp3) is 0.381. The van der Waals surface area contributed by atoms with Crippen LogP contribution in [0.5, 0.6) is 17.2 Å². The van der Waals surface area contributed by atoms with Crippen molar-refractivity contribution in [2.45, 2.75) is 26.9 Å². The quantitative estimate of drug-likeness (QED) is 0.571. The number of hydrogen-bond donors (Lipinski definition) is 1. The monoisotopic (exact) mass is 415 g/mol. The molecule has 9 heteroatoms. The number of rotatable bonds is 6. The number of hydrogen-bond acceptors (Lipinski definition) is 7. The first-order valence-corrected chi connectivity index (χ1v) is 9.47. The molecule has 0 saturated carbocycles. The molecule has 0 radical (unpaired) electrons. The van der Waals surface area contributed by atoms with Gasteiger partial charge in [0.25, 0.3) is 5.91 Å². The molecule has 9 nitrogen and oxygen atoms in total. The first-order chi connectivity index (χ1) is 14.3. The lowest BCUT2D eigenvalue weighted by atomic mass is 10.1. The lowest BCUT2D eigenvalue weighted by molar-refractivity contribution is -0.148. The minimum atomic E-state index is -0.976. The molecule has 1 aromatic carbocycles. The molecule has 0 saturated heterocycles. The van der Waals surface area contributed by atoms with E-state index in [-0.39, 0.29) is 0 Å². The molecule has 160 valence electrons. The summed E-state index contributed by atoms with van der Waals surface area (Å²) in [6, 6.07) is 3.46. The fourth-order valence-corrected chi connectivity index (χ4v) is 3.00. The Morgan fingerprint density at radius 3 is 2.67 bits per heavy atom. The van der Waals surface area contributed by atoms with Crippen LogP contribution in [0.15, 0.2) is 18.2 Å². The Labute approximate surface area is 174 Å². The molecule has 0 unspecified atom stereocenters. The van der Waals surface area contributed by atoms with Gasteiger partial charge in [-0.1, -0.05) is 0 Å². The Morgan fingerprint density at radius 2 is 2.00 bits per heavy atom. The first-order valence-electron chi connectivity index (χ1n) is 9.47. The van der Waals surface area contributed by atoms with Gasteiger partial charge in [-0.25, -0.2) is 4.79 Å². The fourth-order valence-electron chi connectivity index (χ4n) is 3.00. The van der Waals surface area contributed by atoms with Gasteiger partial charge in [0.1, 0.15) is 13.2 Å². The average Bonchev–Trinajstić information content (AvgIpc) is 2.97. The van der Waals surface area contributed by atoms with E-state index in [1.807, 2.05) is 6.92 Å². The van der Waals surface area contributed by atoms with E-state index in [9.17, 15) is 9.59 Å². The van der Waals surface area contributed by atoms with E-state index in [2.05, 4.69) is 10.4 Å². The largest absolute Gasteiger partial charge is 0.493 e. The Kier molecular flexibility index (Phi) is 6.29. The van der Waals surface area contributed by atoms with Crippen LogP contribution in [0.2, 0.25) is 0 Å². The minimum Gasteiger partial charge on any atom is -0.493 e. The number of fused-ring (bicyclic) bond motifs is 1. The predicted octanol–water partition coefficient (Wildman–Crippen LogP) is 2.40. The number of nitrogens with one attached hydrogen (secondary N) is 1. The Bertz CT molecular complexity index is 978. The van der Waals surface area contributed by atoms with Crippen molar-refractivity contribution in [2.24, 2.45) is 7.05 Å². The number of carbonyl (C=O) groups is 2. The molecule has 1 aliphatic heterocycles. The van der Waals surface area contributed by atoms with Gasteiger partial charge in [0.15, 0.2) is 17.6 Å². The molecule has 1 atom stereocenters. The summed E-state index contributed by atoms with van der Waals surface area (Å²) in [5.74, 6) is 0.511. The zero-order chi connectivity index (χ0) is 21.8. The van der Waals surface area contributed by atoms with Gasteiger partial charge in [-0.05, 0) is 44.5 Å². The smallest absolute Gasteiger partial charge is 0.331 e. The molecule has 0 fully saturated rings. The van der Waals surface area contributed by atoms with Crippen molar-refractivity contribution in [3.05, 3.63) is 35.2 Å². The number of esters is 1. The van der Waals surface area contributed by atoms with Crippen LogP contribution in [0.4, 0.5) is 5.69 Å². The van der Waals surface area contributed by atoms with Gasteiger partial charge < -0.3 is 24.3 Å². The van der Waals surface area contributed by atoms with Crippen LogP contribution in [-0.2, 0) is 21.4 Å². The molecule has 2 aromatic rings. The average molecular weight is 415 g/mol. The number of nitrogens with zero attached hydrogens (tertiary/aromatic N) is 2. The van der Waals surface area contributed by atoms with Crippen molar-refractivity contribution in [3.63, 3.8) is 0 Å². The lowest BCUT2D eigenvalue weighted by Gasteiger charge is -2.20. The maximum Gasteiger partial charge on any atom is 0.331 e. The Hall–Kier alpha value is -3.49. The normalized spacial score (nSPS) is 13.8. The number of methoxy groups -OCH3 is 1. The van der Waals surface area contributed by atoms with Crippen LogP contribution in [0.3, 0.4) is 0 Å². The van der Waals surface area contributed by atoms with Crippen molar-refractivity contribution >= 4 is 23.6 Å². The van der Waals surface area contributed by atoms with Crippen molar-refractivity contribution in [3.8, 4) is 17.2 Å². The van der Waals surface area contributed by atoms with Gasteiger partial charge >= 0.3 is 5.97 Å². The molecule has 1 N–H and O–H groups in total. The molecule has 1 amide bonds. The topological polar surface area (TPSA) is 101 Å². The van der Waals surface area contributed by atoms with Gasteiger partial charge in [0.2, 0.25) is 5.75 Å². The van der Waals surface area contributed by atoms with Gasteiger partial charge in [-0.15, -0.1) is 0 Å². The molecule has 3 rings (SSSR count). The van der Waals surface area contributed by atoms with E-state index in [4.69, 9.17) is 18.9 Å². The SMILES string of the molecule is COc1cc(/C=C/C(=O)O[C@H](C)C(=O)Nc2c(C)nn(C)c2C)cc2c1OCCO2. The van der Waals surface area contributed by atoms with Gasteiger partial charge in [0, 0.05) is 13.1 Å². The summed E-state index contributed by atoms with van der Waals surface area (Å²) in [7, 11) is 3.32. The number of benzene rings is 1. The molecule has 1 aliphatic rings. The number of aromatic nitrogens is 2. The summed E-state index contributed by atoms with van der Waals surface area (Å²) in [5, 5.41) is 7.00. The molecule has 1 aromatic heterocycles. The predicted molar refractivity (Wildman–Crippen MR) is 110 cm³/mol. The zero-order valence-electron chi connectivity index (χ0n) is 17.6. The highest BCUT2D eigenvalue weighted by molar-refractivity contribution is 5.97. The first kappa shape index (κ1) is 21.2. The van der Waals surface area contributed by atoms with Crippen molar-refractivity contribution in [2.75, 3.05) is 25.6 Å². The molecular formula is C21H25N3O6. The summed E-state index contributed by atoms with van der Waals surface area (Å²) in [4.78, 5) is 24.6. The van der Waals surface area contributed by atoms with Crippen molar-refractivity contribution in [1.82, 2.24) is 9.78 Å². The van der Waals surface area contributed by atoms with Crippen LogP contribution in [0.1, 0.15) is 23.9 Å². The Balaban J connectivity index is 1.63. The van der Waals surface area contributed by atoms with Crippen molar-refractivity contribution in [1.29, 1.82) is 0 Å². The molecule has 0 aliphatic carbocycles. The summed E-state index contributed by atoms with van der Waals surface area (Å²) in [5.41, 5.74) is 2.79. The number of carbonyl (C=O) groups excluding carboxylic acids is 2. The molecular weight excluding hydrogens is 390 g/mol. The second kappa shape index (κ2) is 8.89. The second-order valence-electron chi connectivity index (χ2n) is 6.82. The number of aryl methyl sites for hydroxylation is 2. The molecule has 0 bridgehead atoms. The van der Waals surface area contributed by atoms with Gasteiger partial charge in [-0.3, -0.25) is 9.48 Å². The molecule has 0 spiro atoms. The van der Waals surface area contributed by atoms with Crippen LogP contribution in [-0.4, -0.2) is 48.1 Å². The zero-order valence-corrected chi connectivity index (χ0v) is 17.6. The standard InChI is InChI=1S/C21H25N3O6/c1-12-19(13(2)24(4)23-12)22-21(26)14(3)30-18(25)7-6-15-10-16(27-5)20-17(11-15)28-8-9-29-20/h6-7,10-11,14H,8-9H2,1-5H3,(H,22,26)/b7-6+/t14-/m1/s1. The number of ether oxygens (including phenoxy) is 4. The number of anilines is 1. The van der Waals surface area contributed by atoms with E-state index in [0.717, 1.165) is 5.69 Å². The highest BCUT2D eigenvalue weighted by Gasteiger charge is 2.21. The van der Waals surface area contributed by atoms with E-state index < -0.39 is 18.0 Å². The maximum absolute atomic E-state index is 12.4. The van der Waals surface area contributed by atoms with E-state index in [1.165, 1.54) is 20.1 Å². The Morgan fingerprint density at radius 1 is 1.27 bits per heavy atom. The lowest BCUT2D eigenvalue weighted by Crippen LogP contribution is -2.29. The van der Waals surface area contributed by atoms with E-state index in [0.29, 0.717) is 47.4 Å². The highest BCUT2D eigenvalue weighted by Crippen LogP contribution is 2.40. The third-order valence-electron chi connectivity index (χ3n) is 4.68. The van der Waals surface area contributed by atoms with Crippen LogP contribution in [0.25, 0.3) is 6.08 Å². The second-order valence-corrected chi connectivity index (χ2v) is 6.82. The highest BCUT2D eigenvalue weighted by atomic mass is 16.6. The van der Waals surface area contributed by atoms with Crippen LogP contribution >= 0.6 is 0 Å². The van der Waals surface area contributed by atoms with Gasteiger partial charge in [-0.2, -0.15) is 5.10 Å². The summed E-state index contributed by atoms with van der Waals surface area (Å²) in [6.07, 6.45) is 1.83. The summed E-state index contributed by atoms with van der Waals surface area (Å²) in [6.45, 7) is 6.03. The summed E-state index contributed by atoms with van der Waals surface area (Å²) >= 11 is 0. The van der Waals surface area contributed by atoms with Crippen molar-refractivity contribution < 1.29 is 28.5 Å². The minimum absolute atomic E-state index is 0.433. The van der Waals surface area contributed by atoms with E-state index in [1.54, 1.807) is 36.9 Å². The van der Waals surface area contributed by atoms with Crippen LogP contribution < -0.4 is 19.5 Å². The number of amides is 1. The van der Waals surface area contributed by atoms with Gasteiger partial charge in [0.05, 0.1) is 24.2 Å². The van der Waals surface area contributed by atoms with E-state index >= 15 is 0 Å². The van der Waals surface area contributed by atoms with Crippen LogP contribution in [0, 0.1) is 13.8 Å². The third-order valence-corrected chi connectivity index (χ3v) is 4.68.